The summed E-state index contributed by atoms with van der Waals surface area (Å²) in [5, 5.41) is 0. The fourth-order valence-electron chi connectivity index (χ4n) is 3.51. The second kappa shape index (κ2) is 6.63. The zero-order valence-electron chi connectivity index (χ0n) is 13.7. The fraction of sp³-hybridized carbons (Fsp3) is 0.556. The zero-order chi connectivity index (χ0) is 16.6. The third kappa shape index (κ3) is 3.44. The number of amides is 2. The molecule has 2 aliphatic heterocycles. The molecular formula is C18H23BrN2O2. The van der Waals surface area contributed by atoms with E-state index in [-0.39, 0.29) is 17.7 Å². The molecule has 2 aliphatic rings. The summed E-state index contributed by atoms with van der Waals surface area (Å²) in [5.41, 5.74) is 1.97. The molecule has 1 aromatic carbocycles. The molecule has 0 N–H and O–H groups in total. The molecule has 2 heterocycles. The number of hydrogen-bond donors (Lipinski definition) is 0. The maximum Gasteiger partial charge on any atom is 0.228 e. The molecular weight excluding hydrogens is 356 g/mol. The molecule has 2 fully saturated rings. The minimum Gasteiger partial charge on any atom is -0.342 e. The first-order valence-electron chi connectivity index (χ1n) is 8.31. The quantitative estimate of drug-likeness (QED) is 0.791. The fourth-order valence-corrected chi connectivity index (χ4v) is 3.99. The lowest BCUT2D eigenvalue weighted by molar-refractivity contribution is -0.137. The van der Waals surface area contributed by atoms with Crippen LogP contribution in [-0.4, -0.2) is 36.3 Å². The van der Waals surface area contributed by atoms with E-state index in [1.807, 2.05) is 30.0 Å². The van der Waals surface area contributed by atoms with Crippen molar-refractivity contribution in [2.45, 2.75) is 33.1 Å². The molecule has 124 valence electrons. The Labute approximate surface area is 146 Å². The molecule has 4 nitrogen and oxygen atoms in total. The van der Waals surface area contributed by atoms with Gasteiger partial charge in [-0.25, -0.2) is 0 Å². The largest absolute Gasteiger partial charge is 0.342 e. The van der Waals surface area contributed by atoms with Crippen LogP contribution in [0.15, 0.2) is 22.7 Å². The van der Waals surface area contributed by atoms with Crippen LogP contribution < -0.4 is 4.90 Å². The first-order chi connectivity index (χ1) is 11.0. The van der Waals surface area contributed by atoms with Crippen LogP contribution in [0.3, 0.4) is 0 Å². The number of piperidine rings is 1. The van der Waals surface area contributed by atoms with Gasteiger partial charge in [0.2, 0.25) is 11.8 Å². The van der Waals surface area contributed by atoms with Gasteiger partial charge in [-0.2, -0.15) is 0 Å². The Bertz CT molecular complexity index is 623. The maximum atomic E-state index is 12.7. The molecule has 3 rings (SSSR count). The van der Waals surface area contributed by atoms with E-state index in [0.29, 0.717) is 18.9 Å². The van der Waals surface area contributed by atoms with Crippen LogP contribution in [0.2, 0.25) is 0 Å². The zero-order valence-corrected chi connectivity index (χ0v) is 15.3. The number of rotatable bonds is 2. The van der Waals surface area contributed by atoms with Gasteiger partial charge in [0, 0.05) is 36.2 Å². The summed E-state index contributed by atoms with van der Waals surface area (Å²) < 4.78 is 1.00. The number of anilines is 1. The number of aryl methyl sites for hydroxylation is 1. The highest BCUT2D eigenvalue weighted by molar-refractivity contribution is 9.10. The van der Waals surface area contributed by atoms with E-state index in [4.69, 9.17) is 0 Å². The lowest BCUT2D eigenvalue weighted by atomic mass is 9.97. The van der Waals surface area contributed by atoms with Crippen molar-refractivity contribution in [2.75, 3.05) is 24.5 Å². The van der Waals surface area contributed by atoms with E-state index in [2.05, 4.69) is 22.9 Å². The predicted molar refractivity (Wildman–Crippen MR) is 94.3 cm³/mol. The van der Waals surface area contributed by atoms with Crippen molar-refractivity contribution in [3.05, 3.63) is 28.2 Å². The highest BCUT2D eigenvalue weighted by Gasteiger charge is 2.38. The van der Waals surface area contributed by atoms with Gasteiger partial charge >= 0.3 is 0 Å². The van der Waals surface area contributed by atoms with Gasteiger partial charge in [0.05, 0.1) is 5.92 Å². The van der Waals surface area contributed by atoms with Crippen LogP contribution in [0.5, 0.6) is 0 Å². The first kappa shape index (κ1) is 16.5. The van der Waals surface area contributed by atoms with Crippen molar-refractivity contribution in [3.8, 4) is 0 Å². The molecule has 2 saturated heterocycles. The molecule has 1 unspecified atom stereocenters. The van der Waals surface area contributed by atoms with Crippen molar-refractivity contribution >= 4 is 33.4 Å². The van der Waals surface area contributed by atoms with Crippen LogP contribution in [0.4, 0.5) is 5.69 Å². The topological polar surface area (TPSA) is 40.6 Å². The van der Waals surface area contributed by atoms with Crippen molar-refractivity contribution < 1.29 is 9.59 Å². The minimum atomic E-state index is -0.195. The number of carbonyl (C=O) groups excluding carboxylic acids is 2. The molecule has 0 radical (unpaired) electrons. The monoisotopic (exact) mass is 378 g/mol. The van der Waals surface area contributed by atoms with Crippen LogP contribution in [0.25, 0.3) is 0 Å². The Morgan fingerprint density at radius 2 is 1.96 bits per heavy atom. The summed E-state index contributed by atoms with van der Waals surface area (Å²) in [6, 6.07) is 5.90. The van der Waals surface area contributed by atoms with E-state index in [9.17, 15) is 9.59 Å². The van der Waals surface area contributed by atoms with E-state index in [1.54, 1.807) is 4.90 Å². The van der Waals surface area contributed by atoms with E-state index < -0.39 is 0 Å². The number of nitrogens with zero attached hydrogens (tertiary/aromatic N) is 2. The summed E-state index contributed by atoms with van der Waals surface area (Å²) in [5.74, 6) is 0.715. The van der Waals surface area contributed by atoms with Gasteiger partial charge < -0.3 is 9.80 Å². The van der Waals surface area contributed by atoms with Gasteiger partial charge in [-0.15, -0.1) is 0 Å². The number of carbonyl (C=O) groups is 2. The van der Waals surface area contributed by atoms with Crippen LogP contribution in [0, 0.1) is 18.8 Å². The molecule has 0 saturated carbocycles. The Morgan fingerprint density at radius 3 is 2.61 bits per heavy atom. The number of benzene rings is 1. The summed E-state index contributed by atoms with van der Waals surface area (Å²) >= 11 is 3.45. The Hall–Kier alpha value is -1.36. The van der Waals surface area contributed by atoms with Gasteiger partial charge in [0.25, 0.3) is 0 Å². The van der Waals surface area contributed by atoms with Crippen LogP contribution >= 0.6 is 15.9 Å². The Morgan fingerprint density at radius 1 is 1.26 bits per heavy atom. The van der Waals surface area contributed by atoms with Crippen molar-refractivity contribution in [3.63, 3.8) is 0 Å². The average Bonchev–Trinajstić information content (AvgIpc) is 2.89. The van der Waals surface area contributed by atoms with Crippen LogP contribution in [0.1, 0.15) is 31.7 Å². The summed E-state index contributed by atoms with van der Waals surface area (Å²) in [7, 11) is 0. The van der Waals surface area contributed by atoms with E-state index >= 15 is 0 Å². The highest BCUT2D eigenvalue weighted by atomic mass is 79.9. The van der Waals surface area contributed by atoms with E-state index in [1.165, 1.54) is 0 Å². The second-order valence-corrected chi connectivity index (χ2v) is 7.76. The van der Waals surface area contributed by atoms with E-state index in [0.717, 1.165) is 41.7 Å². The third-order valence-electron chi connectivity index (χ3n) is 5.02. The van der Waals surface area contributed by atoms with Crippen molar-refractivity contribution in [1.29, 1.82) is 0 Å². The summed E-state index contributed by atoms with van der Waals surface area (Å²) in [6.07, 6.45) is 2.48. The lowest BCUT2D eigenvalue weighted by Gasteiger charge is -2.32. The van der Waals surface area contributed by atoms with Crippen molar-refractivity contribution in [1.82, 2.24) is 4.90 Å². The first-order valence-corrected chi connectivity index (χ1v) is 9.10. The van der Waals surface area contributed by atoms with Gasteiger partial charge in [0.15, 0.2) is 0 Å². The second-order valence-electron chi connectivity index (χ2n) is 6.84. The predicted octanol–water partition coefficient (Wildman–Crippen LogP) is 3.37. The molecule has 1 atom stereocenters. The molecule has 0 aromatic heterocycles. The Balaban J connectivity index is 1.71. The molecule has 0 spiro atoms. The van der Waals surface area contributed by atoms with Gasteiger partial charge in [-0.3, -0.25) is 9.59 Å². The van der Waals surface area contributed by atoms with Gasteiger partial charge in [0.1, 0.15) is 0 Å². The summed E-state index contributed by atoms with van der Waals surface area (Å²) in [6.45, 7) is 6.41. The lowest BCUT2D eigenvalue weighted by Crippen LogP contribution is -2.42. The molecule has 23 heavy (non-hydrogen) atoms. The molecule has 0 bridgehead atoms. The molecule has 0 aliphatic carbocycles. The SMILES string of the molecule is Cc1cc(Br)ccc1N1CC(C(=O)N2CCC(C)CC2)CC1=O. The van der Waals surface area contributed by atoms with Gasteiger partial charge in [-0.05, 0) is 49.4 Å². The number of likely N-dealkylation sites (tertiary alicyclic amines) is 1. The molecule has 2 amide bonds. The maximum absolute atomic E-state index is 12.7. The average molecular weight is 379 g/mol. The third-order valence-corrected chi connectivity index (χ3v) is 5.51. The molecule has 5 heteroatoms. The highest BCUT2D eigenvalue weighted by Crippen LogP contribution is 2.31. The van der Waals surface area contributed by atoms with Crippen molar-refractivity contribution in [2.24, 2.45) is 11.8 Å². The smallest absolute Gasteiger partial charge is 0.228 e. The summed E-state index contributed by atoms with van der Waals surface area (Å²) in [4.78, 5) is 28.8. The number of hydrogen-bond acceptors (Lipinski definition) is 2. The molecule has 1 aromatic rings. The normalized spacial score (nSPS) is 22.7. The standard InChI is InChI=1S/C18H23BrN2O2/c1-12-5-7-20(8-6-12)18(23)14-10-17(22)21(11-14)16-4-3-15(19)9-13(16)2/h3-4,9,12,14H,5-8,10-11H2,1-2H3. The number of halogens is 1. The minimum absolute atomic E-state index is 0.0548. The Kier molecular flexibility index (Phi) is 4.76. The van der Waals surface area contributed by atoms with Crippen LogP contribution in [-0.2, 0) is 9.59 Å². The van der Waals surface area contributed by atoms with Gasteiger partial charge in [-0.1, -0.05) is 22.9 Å².